The minimum atomic E-state index is 0.128. The van der Waals surface area contributed by atoms with E-state index in [1.54, 1.807) is 24.5 Å². The molecule has 3 heteroatoms. The van der Waals surface area contributed by atoms with E-state index in [-0.39, 0.29) is 11.9 Å². The van der Waals surface area contributed by atoms with Crippen LogP contribution < -0.4 is 0 Å². The maximum Gasteiger partial charge on any atom is 0.167 e. The number of carbonyl (C=O) groups excluding carboxylic acids is 1. The molecule has 3 nitrogen and oxygen atoms in total. The summed E-state index contributed by atoms with van der Waals surface area (Å²) in [5, 5.41) is 0. The van der Waals surface area contributed by atoms with Crippen molar-refractivity contribution in [2.24, 2.45) is 0 Å². The number of ether oxygens (including phenoxy) is 1. The second-order valence-corrected chi connectivity index (χ2v) is 3.50. The average Bonchev–Trinajstić information content (AvgIpc) is 2.72. The predicted octanol–water partition coefficient (Wildman–Crippen LogP) is 1.83. The molecule has 1 saturated heterocycles. The monoisotopic (exact) mass is 191 g/mol. The summed E-state index contributed by atoms with van der Waals surface area (Å²) < 4.78 is 5.40. The summed E-state index contributed by atoms with van der Waals surface area (Å²) in [6, 6.07) is 3.58. The Morgan fingerprint density at radius 2 is 2.57 bits per heavy atom. The third kappa shape index (κ3) is 2.17. The first-order valence-electron chi connectivity index (χ1n) is 4.91. The van der Waals surface area contributed by atoms with Crippen molar-refractivity contribution in [1.82, 2.24) is 4.98 Å². The maximum absolute atomic E-state index is 11.7. The van der Waals surface area contributed by atoms with Crippen LogP contribution >= 0.6 is 0 Å². The Labute approximate surface area is 83.1 Å². The van der Waals surface area contributed by atoms with Crippen molar-refractivity contribution in [3.05, 3.63) is 30.1 Å². The fraction of sp³-hybridized carbons (Fsp3) is 0.455. The Balaban J connectivity index is 1.95. The van der Waals surface area contributed by atoms with Crippen LogP contribution in [-0.4, -0.2) is 23.5 Å². The van der Waals surface area contributed by atoms with Crippen molar-refractivity contribution in [2.45, 2.75) is 25.4 Å². The molecule has 1 aromatic heterocycles. The van der Waals surface area contributed by atoms with Gasteiger partial charge in [0, 0.05) is 31.0 Å². The zero-order valence-electron chi connectivity index (χ0n) is 7.98. The molecule has 0 saturated carbocycles. The van der Waals surface area contributed by atoms with E-state index in [1.165, 1.54) is 0 Å². The molecule has 2 heterocycles. The van der Waals surface area contributed by atoms with Gasteiger partial charge in [-0.3, -0.25) is 9.78 Å². The summed E-state index contributed by atoms with van der Waals surface area (Å²) in [7, 11) is 0. The number of hydrogen-bond acceptors (Lipinski definition) is 3. The van der Waals surface area contributed by atoms with Crippen LogP contribution in [0.1, 0.15) is 29.6 Å². The number of rotatable bonds is 3. The zero-order valence-corrected chi connectivity index (χ0v) is 7.98. The van der Waals surface area contributed by atoms with E-state index in [0.29, 0.717) is 12.0 Å². The normalized spacial score (nSPS) is 21.0. The molecule has 0 N–H and O–H groups in total. The van der Waals surface area contributed by atoms with Crippen molar-refractivity contribution in [1.29, 1.82) is 0 Å². The van der Waals surface area contributed by atoms with E-state index in [9.17, 15) is 4.79 Å². The van der Waals surface area contributed by atoms with Crippen LogP contribution in [0.15, 0.2) is 24.5 Å². The van der Waals surface area contributed by atoms with E-state index in [2.05, 4.69) is 4.98 Å². The topological polar surface area (TPSA) is 39.2 Å². The summed E-state index contributed by atoms with van der Waals surface area (Å²) in [5.74, 6) is 0.130. The maximum atomic E-state index is 11.7. The average molecular weight is 191 g/mol. The first-order chi connectivity index (χ1) is 6.86. The molecule has 1 fully saturated rings. The fourth-order valence-corrected chi connectivity index (χ4v) is 1.66. The van der Waals surface area contributed by atoms with Gasteiger partial charge in [0.2, 0.25) is 0 Å². The summed E-state index contributed by atoms with van der Waals surface area (Å²) in [4.78, 5) is 15.6. The minimum Gasteiger partial charge on any atom is -0.378 e. The SMILES string of the molecule is O=C(CC1CCCO1)c1cccnc1. The number of Topliss-reactive ketones (excluding diaryl/α,β-unsaturated/α-hetero) is 1. The minimum absolute atomic E-state index is 0.128. The Morgan fingerprint density at radius 1 is 1.64 bits per heavy atom. The summed E-state index contributed by atoms with van der Waals surface area (Å²) >= 11 is 0. The first-order valence-corrected chi connectivity index (χ1v) is 4.91. The van der Waals surface area contributed by atoms with Crippen LogP contribution in [0, 0.1) is 0 Å². The molecule has 1 atom stereocenters. The van der Waals surface area contributed by atoms with Gasteiger partial charge in [-0.25, -0.2) is 0 Å². The highest BCUT2D eigenvalue weighted by atomic mass is 16.5. The number of carbonyl (C=O) groups is 1. The molecule has 0 radical (unpaired) electrons. The highest BCUT2D eigenvalue weighted by Gasteiger charge is 2.19. The molecule has 14 heavy (non-hydrogen) atoms. The smallest absolute Gasteiger partial charge is 0.167 e. The molecule has 74 valence electrons. The van der Waals surface area contributed by atoms with E-state index in [1.807, 2.05) is 0 Å². The largest absolute Gasteiger partial charge is 0.378 e. The molecule has 2 rings (SSSR count). The van der Waals surface area contributed by atoms with Crippen molar-refractivity contribution in [3.8, 4) is 0 Å². The molecular formula is C11H13NO2. The Kier molecular flexibility index (Phi) is 2.89. The lowest BCUT2D eigenvalue weighted by Crippen LogP contribution is -2.12. The molecule has 0 spiro atoms. The van der Waals surface area contributed by atoms with Gasteiger partial charge in [0.1, 0.15) is 0 Å². The Hall–Kier alpha value is -1.22. The third-order valence-electron chi connectivity index (χ3n) is 2.42. The predicted molar refractivity (Wildman–Crippen MR) is 52.2 cm³/mol. The number of nitrogens with zero attached hydrogens (tertiary/aromatic N) is 1. The lowest BCUT2D eigenvalue weighted by molar-refractivity contribution is 0.0775. The van der Waals surface area contributed by atoms with Gasteiger partial charge in [-0.2, -0.15) is 0 Å². The lowest BCUT2D eigenvalue weighted by Gasteiger charge is -2.07. The van der Waals surface area contributed by atoms with Gasteiger partial charge < -0.3 is 4.74 Å². The zero-order chi connectivity index (χ0) is 9.80. The quantitative estimate of drug-likeness (QED) is 0.684. The van der Waals surface area contributed by atoms with E-state index in [0.717, 1.165) is 19.4 Å². The molecule has 1 aliphatic heterocycles. The number of aromatic nitrogens is 1. The van der Waals surface area contributed by atoms with Crippen LogP contribution in [0.2, 0.25) is 0 Å². The molecule has 0 aliphatic carbocycles. The van der Waals surface area contributed by atoms with Gasteiger partial charge in [-0.15, -0.1) is 0 Å². The van der Waals surface area contributed by atoms with Crippen LogP contribution in [0.3, 0.4) is 0 Å². The first kappa shape index (κ1) is 9.34. The van der Waals surface area contributed by atoms with Gasteiger partial charge in [0.15, 0.2) is 5.78 Å². The second kappa shape index (κ2) is 4.33. The number of hydrogen-bond donors (Lipinski definition) is 0. The van der Waals surface area contributed by atoms with Gasteiger partial charge in [0.05, 0.1) is 6.10 Å². The van der Waals surface area contributed by atoms with Crippen LogP contribution in [0.25, 0.3) is 0 Å². The van der Waals surface area contributed by atoms with E-state index in [4.69, 9.17) is 4.74 Å². The molecule has 0 bridgehead atoms. The van der Waals surface area contributed by atoms with E-state index >= 15 is 0 Å². The Morgan fingerprint density at radius 3 is 3.21 bits per heavy atom. The molecular weight excluding hydrogens is 178 g/mol. The van der Waals surface area contributed by atoms with Crippen molar-refractivity contribution < 1.29 is 9.53 Å². The van der Waals surface area contributed by atoms with Crippen LogP contribution in [-0.2, 0) is 4.74 Å². The van der Waals surface area contributed by atoms with E-state index < -0.39 is 0 Å². The molecule has 1 aromatic rings. The van der Waals surface area contributed by atoms with Crippen LogP contribution in [0.5, 0.6) is 0 Å². The molecule has 0 aromatic carbocycles. The number of pyridine rings is 1. The van der Waals surface area contributed by atoms with Gasteiger partial charge in [-0.1, -0.05) is 0 Å². The highest BCUT2D eigenvalue weighted by Crippen LogP contribution is 2.17. The fourth-order valence-electron chi connectivity index (χ4n) is 1.66. The Bertz CT molecular complexity index is 304. The molecule has 1 aliphatic rings. The molecule has 0 amide bonds. The summed E-state index contributed by atoms with van der Waals surface area (Å²) in [6.07, 6.45) is 5.98. The number of ketones is 1. The molecule has 1 unspecified atom stereocenters. The van der Waals surface area contributed by atoms with Gasteiger partial charge in [0.25, 0.3) is 0 Å². The van der Waals surface area contributed by atoms with Gasteiger partial charge in [-0.05, 0) is 25.0 Å². The summed E-state index contributed by atoms with van der Waals surface area (Å²) in [5.41, 5.74) is 0.683. The van der Waals surface area contributed by atoms with Crippen molar-refractivity contribution >= 4 is 5.78 Å². The van der Waals surface area contributed by atoms with Crippen LogP contribution in [0.4, 0.5) is 0 Å². The summed E-state index contributed by atoms with van der Waals surface area (Å²) in [6.45, 7) is 0.797. The standard InChI is InChI=1S/C11H13NO2/c13-11(7-10-4-2-6-14-10)9-3-1-5-12-8-9/h1,3,5,8,10H,2,4,6-7H2. The second-order valence-electron chi connectivity index (χ2n) is 3.50. The third-order valence-corrected chi connectivity index (χ3v) is 2.42. The van der Waals surface area contributed by atoms with Crippen molar-refractivity contribution in [2.75, 3.05) is 6.61 Å². The lowest BCUT2D eigenvalue weighted by atomic mass is 10.1. The van der Waals surface area contributed by atoms with Crippen molar-refractivity contribution in [3.63, 3.8) is 0 Å². The highest BCUT2D eigenvalue weighted by molar-refractivity contribution is 5.96. The van der Waals surface area contributed by atoms with Gasteiger partial charge >= 0.3 is 0 Å².